The van der Waals surface area contributed by atoms with E-state index in [1.165, 1.54) is 0 Å². The molecule has 2 N–H and O–H groups in total. The molecule has 0 aromatic rings. The molecule has 2 fully saturated rings. The van der Waals surface area contributed by atoms with Gasteiger partial charge in [-0.15, -0.1) is 24.0 Å². The monoisotopic (exact) mass is 383 g/mol. The largest absolute Gasteiger partial charge is 0.378 e. The molecule has 1 heterocycles. The Balaban J connectivity index is 0.00000180. The maximum Gasteiger partial charge on any atom is 0.191 e. The van der Waals surface area contributed by atoms with E-state index in [2.05, 4.69) is 30.7 Å². The van der Waals surface area contributed by atoms with Crippen molar-refractivity contribution in [1.29, 1.82) is 0 Å². The highest BCUT2D eigenvalue weighted by Gasteiger charge is 2.58. The molecule has 112 valence electrons. The van der Waals surface area contributed by atoms with Gasteiger partial charge in [0.2, 0.25) is 0 Å². The number of nitrogens with zero attached hydrogens (tertiary/aromatic N) is 2. The molecule has 0 aromatic heterocycles. The van der Waals surface area contributed by atoms with Crippen LogP contribution >= 0.6 is 24.0 Å². The number of hydrogen-bond donors (Lipinski definition) is 1. The Hall–Kier alpha value is -0.0800. The molecule has 2 unspecified atom stereocenters. The fourth-order valence-electron chi connectivity index (χ4n) is 2.70. The van der Waals surface area contributed by atoms with Crippen LogP contribution in [0.4, 0.5) is 0 Å². The Bertz CT molecular complexity index is 343. The van der Waals surface area contributed by atoms with Gasteiger partial charge in [0, 0.05) is 25.6 Å². The van der Waals surface area contributed by atoms with E-state index in [1.807, 2.05) is 0 Å². The highest BCUT2D eigenvalue weighted by molar-refractivity contribution is 14.0. The lowest BCUT2D eigenvalue weighted by Crippen LogP contribution is -2.63. The number of morpholine rings is 1. The quantitative estimate of drug-likeness (QED) is 0.446. The standard InChI is InChI=1S/C13H25N3O2.HI/c1-12(2)10(9-13(12,3)17-4)15-11(14)16-5-7-18-8-6-16;/h10H,5-9H2,1-4H3,(H2,14,15);1H. The molecule has 0 aromatic carbocycles. The van der Waals surface area contributed by atoms with E-state index in [0.717, 1.165) is 32.7 Å². The minimum absolute atomic E-state index is 0. The van der Waals surface area contributed by atoms with Crippen molar-refractivity contribution in [3.8, 4) is 0 Å². The maximum absolute atomic E-state index is 6.09. The zero-order chi connectivity index (χ0) is 13.4. The summed E-state index contributed by atoms with van der Waals surface area (Å²) < 4.78 is 10.9. The molecular formula is C13H26IN3O2. The van der Waals surface area contributed by atoms with Gasteiger partial charge in [-0.2, -0.15) is 0 Å². The lowest BCUT2D eigenvalue weighted by atomic mass is 9.56. The first-order chi connectivity index (χ1) is 8.40. The fourth-order valence-corrected chi connectivity index (χ4v) is 2.70. The summed E-state index contributed by atoms with van der Waals surface area (Å²) in [5, 5.41) is 0. The smallest absolute Gasteiger partial charge is 0.191 e. The van der Waals surface area contributed by atoms with Crippen molar-refractivity contribution < 1.29 is 9.47 Å². The third kappa shape index (κ3) is 3.00. The van der Waals surface area contributed by atoms with Gasteiger partial charge in [0.15, 0.2) is 5.96 Å². The van der Waals surface area contributed by atoms with Gasteiger partial charge in [0.1, 0.15) is 0 Å². The van der Waals surface area contributed by atoms with Crippen LogP contribution in [0.1, 0.15) is 27.2 Å². The molecule has 0 bridgehead atoms. The molecule has 0 radical (unpaired) electrons. The molecule has 1 saturated heterocycles. The molecule has 1 aliphatic heterocycles. The average molecular weight is 383 g/mol. The Labute approximate surface area is 132 Å². The van der Waals surface area contributed by atoms with Gasteiger partial charge in [0.05, 0.1) is 24.9 Å². The maximum atomic E-state index is 6.09. The Morgan fingerprint density at radius 3 is 2.37 bits per heavy atom. The van der Waals surface area contributed by atoms with Gasteiger partial charge in [-0.25, -0.2) is 4.99 Å². The van der Waals surface area contributed by atoms with Crippen LogP contribution in [0.15, 0.2) is 4.99 Å². The third-order valence-corrected chi connectivity index (χ3v) is 4.85. The van der Waals surface area contributed by atoms with Crippen LogP contribution in [-0.2, 0) is 9.47 Å². The fraction of sp³-hybridized carbons (Fsp3) is 0.923. The van der Waals surface area contributed by atoms with Gasteiger partial charge in [-0.05, 0) is 13.3 Å². The van der Waals surface area contributed by atoms with Crippen molar-refractivity contribution in [2.24, 2.45) is 16.1 Å². The normalized spacial score (nSPS) is 34.4. The summed E-state index contributed by atoms with van der Waals surface area (Å²) in [7, 11) is 1.77. The SMILES string of the molecule is COC1(C)CC(N=C(N)N2CCOCC2)C1(C)C.I. The van der Waals surface area contributed by atoms with Crippen LogP contribution in [0, 0.1) is 5.41 Å². The molecule has 0 amide bonds. The molecule has 0 spiro atoms. The Kier molecular flexibility index (Phi) is 5.48. The Morgan fingerprint density at radius 2 is 1.89 bits per heavy atom. The number of methoxy groups -OCH3 is 1. The molecular weight excluding hydrogens is 357 g/mol. The zero-order valence-electron chi connectivity index (χ0n) is 12.3. The van der Waals surface area contributed by atoms with Crippen LogP contribution in [0.25, 0.3) is 0 Å². The summed E-state index contributed by atoms with van der Waals surface area (Å²) in [4.78, 5) is 6.79. The summed E-state index contributed by atoms with van der Waals surface area (Å²) in [6.07, 6.45) is 0.932. The van der Waals surface area contributed by atoms with Crippen LogP contribution < -0.4 is 5.73 Å². The lowest BCUT2D eigenvalue weighted by Gasteiger charge is -2.57. The summed E-state index contributed by atoms with van der Waals surface area (Å²) >= 11 is 0. The third-order valence-electron chi connectivity index (χ3n) is 4.85. The lowest BCUT2D eigenvalue weighted by molar-refractivity contribution is -0.171. The van der Waals surface area contributed by atoms with Crippen molar-refractivity contribution in [3.05, 3.63) is 0 Å². The average Bonchev–Trinajstić information content (AvgIpc) is 2.38. The minimum Gasteiger partial charge on any atom is -0.378 e. The highest BCUT2D eigenvalue weighted by atomic mass is 127. The molecule has 6 heteroatoms. The summed E-state index contributed by atoms with van der Waals surface area (Å²) in [6, 6.07) is 0.241. The molecule has 2 atom stereocenters. The second-order valence-electron chi connectivity index (χ2n) is 5.96. The second kappa shape index (κ2) is 6.13. The Morgan fingerprint density at radius 1 is 1.32 bits per heavy atom. The van der Waals surface area contributed by atoms with Gasteiger partial charge >= 0.3 is 0 Å². The molecule has 5 nitrogen and oxygen atoms in total. The van der Waals surface area contributed by atoms with Crippen LogP contribution in [0.3, 0.4) is 0 Å². The number of rotatable bonds is 2. The predicted molar refractivity (Wildman–Crippen MR) is 87.0 cm³/mol. The van der Waals surface area contributed by atoms with Crippen molar-refractivity contribution in [2.45, 2.75) is 38.8 Å². The molecule has 19 heavy (non-hydrogen) atoms. The molecule has 1 saturated carbocycles. The summed E-state index contributed by atoms with van der Waals surface area (Å²) in [6.45, 7) is 9.68. The predicted octanol–water partition coefficient (Wildman–Crippen LogP) is 1.45. The van der Waals surface area contributed by atoms with Gasteiger partial charge in [0.25, 0.3) is 0 Å². The van der Waals surface area contributed by atoms with E-state index >= 15 is 0 Å². The highest BCUT2D eigenvalue weighted by Crippen LogP contribution is 2.53. The topological polar surface area (TPSA) is 60.1 Å². The van der Waals surface area contributed by atoms with E-state index in [9.17, 15) is 0 Å². The minimum atomic E-state index is -0.0908. The first kappa shape index (κ1) is 17.0. The molecule has 2 rings (SSSR count). The van der Waals surface area contributed by atoms with Crippen molar-refractivity contribution in [3.63, 3.8) is 0 Å². The number of aliphatic imine (C=N–C) groups is 1. The van der Waals surface area contributed by atoms with Crippen molar-refractivity contribution >= 4 is 29.9 Å². The van der Waals surface area contributed by atoms with E-state index in [4.69, 9.17) is 15.2 Å². The van der Waals surface area contributed by atoms with Gasteiger partial charge in [-0.1, -0.05) is 13.8 Å². The number of hydrogen-bond acceptors (Lipinski definition) is 3. The zero-order valence-corrected chi connectivity index (χ0v) is 14.6. The van der Waals surface area contributed by atoms with E-state index in [1.54, 1.807) is 7.11 Å². The first-order valence-electron chi connectivity index (χ1n) is 6.62. The number of nitrogens with two attached hydrogens (primary N) is 1. The van der Waals surface area contributed by atoms with Crippen LogP contribution in [-0.4, -0.2) is 55.9 Å². The number of ether oxygens (including phenoxy) is 2. The van der Waals surface area contributed by atoms with Gasteiger partial charge < -0.3 is 20.1 Å². The van der Waals surface area contributed by atoms with E-state index in [0.29, 0.717) is 5.96 Å². The molecule has 2 aliphatic rings. The van der Waals surface area contributed by atoms with Gasteiger partial charge in [-0.3, -0.25) is 0 Å². The first-order valence-corrected chi connectivity index (χ1v) is 6.62. The van der Waals surface area contributed by atoms with Crippen molar-refractivity contribution in [1.82, 2.24) is 4.90 Å². The van der Waals surface area contributed by atoms with E-state index in [-0.39, 0.29) is 41.0 Å². The second-order valence-corrected chi connectivity index (χ2v) is 5.96. The number of halogens is 1. The summed E-state index contributed by atoms with van der Waals surface area (Å²) in [5.74, 6) is 0.648. The number of guanidine groups is 1. The van der Waals surface area contributed by atoms with E-state index < -0.39 is 0 Å². The summed E-state index contributed by atoms with van der Waals surface area (Å²) in [5.41, 5.74) is 6.03. The van der Waals surface area contributed by atoms with Crippen LogP contribution in [0.2, 0.25) is 0 Å². The van der Waals surface area contributed by atoms with Crippen molar-refractivity contribution in [2.75, 3.05) is 33.4 Å². The molecule has 1 aliphatic carbocycles. The van der Waals surface area contributed by atoms with Crippen LogP contribution in [0.5, 0.6) is 0 Å².